The van der Waals surface area contributed by atoms with Crippen LogP contribution in [0, 0.1) is 0 Å². The summed E-state index contributed by atoms with van der Waals surface area (Å²) in [7, 11) is 0. The first-order valence-electron chi connectivity index (χ1n) is 7.12. The summed E-state index contributed by atoms with van der Waals surface area (Å²) in [6.07, 6.45) is 1.60. The van der Waals surface area contributed by atoms with Gasteiger partial charge in [-0.1, -0.05) is 65.7 Å². The molecule has 1 N–H and O–H groups in total. The van der Waals surface area contributed by atoms with E-state index >= 15 is 0 Å². The lowest BCUT2D eigenvalue weighted by Crippen LogP contribution is -2.16. The number of hydrogen-bond acceptors (Lipinski definition) is 3. The van der Waals surface area contributed by atoms with E-state index in [9.17, 15) is 8.76 Å². The molecule has 4 heteroatoms. The van der Waals surface area contributed by atoms with Crippen LogP contribution in [0.15, 0.2) is 54.6 Å². The van der Waals surface area contributed by atoms with Crippen LogP contribution in [0.1, 0.15) is 23.1 Å². The lowest BCUT2D eigenvalue weighted by Gasteiger charge is -2.07. The highest BCUT2D eigenvalue weighted by atomic mass is 32.2. The molecule has 0 aromatic heterocycles. The van der Waals surface area contributed by atoms with E-state index in [4.69, 9.17) is 0 Å². The van der Waals surface area contributed by atoms with Crippen LogP contribution in [0.3, 0.4) is 0 Å². The van der Waals surface area contributed by atoms with Crippen molar-refractivity contribution >= 4 is 11.1 Å². The lowest BCUT2D eigenvalue weighted by molar-refractivity contribution is 0.532. The van der Waals surface area contributed by atoms with E-state index in [1.54, 1.807) is 0 Å². The number of nitrogens with one attached hydrogen (secondary N) is 1. The molecule has 112 valence electrons. The maximum atomic E-state index is 10.4. The number of hydrogen-bond donors (Lipinski definition) is 1. The predicted molar refractivity (Wildman–Crippen MR) is 85.8 cm³/mol. The fourth-order valence-electron chi connectivity index (χ4n) is 2.15. The van der Waals surface area contributed by atoms with Crippen LogP contribution in [0.5, 0.6) is 0 Å². The maximum Gasteiger partial charge on any atom is 0.0205 e. The molecule has 1 unspecified atom stereocenters. The zero-order chi connectivity index (χ0) is 14.9. The van der Waals surface area contributed by atoms with Gasteiger partial charge in [0, 0.05) is 12.3 Å². The molecular formula is C17H20NO2S-. The molecule has 3 nitrogen and oxygen atoms in total. The van der Waals surface area contributed by atoms with Gasteiger partial charge >= 0.3 is 0 Å². The van der Waals surface area contributed by atoms with Crippen LogP contribution >= 0.6 is 0 Å². The lowest BCUT2D eigenvalue weighted by atomic mass is 10.0. The van der Waals surface area contributed by atoms with Crippen molar-refractivity contribution in [3.05, 3.63) is 71.3 Å². The third-order valence-corrected chi connectivity index (χ3v) is 3.89. The summed E-state index contributed by atoms with van der Waals surface area (Å²) in [4.78, 5) is 0. The molecule has 0 saturated heterocycles. The molecule has 0 heterocycles. The van der Waals surface area contributed by atoms with E-state index in [1.165, 1.54) is 16.7 Å². The fraction of sp³-hybridized carbons (Fsp3) is 0.294. The highest BCUT2D eigenvalue weighted by molar-refractivity contribution is 7.79. The molecule has 0 aliphatic heterocycles. The summed E-state index contributed by atoms with van der Waals surface area (Å²) in [5, 5.41) is 3.25. The molecule has 1 atom stereocenters. The van der Waals surface area contributed by atoms with Gasteiger partial charge in [0.1, 0.15) is 0 Å². The van der Waals surface area contributed by atoms with Crippen molar-refractivity contribution in [2.24, 2.45) is 0 Å². The average Bonchev–Trinajstić information content (AvgIpc) is 2.49. The van der Waals surface area contributed by atoms with Gasteiger partial charge in [0.25, 0.3) is 0 Å². The Balaban J connectivity index is 1.75. The molecule has 0 bridgehead atoms. The molecule has 2 rings (SSSR count). The summed E-state index contributed by atoms with van der Waals surface area (Å²) >= 11 is -1.93. The minimum absolute atomic E-state index is 0.225. The molecule has 0 fully saturated rings. The van der Waals surface area contributed by atoms with Gasteiger partial charge in [-0.15, -0.1) is 0 Å². The van der Waals surface area contributed by atoms with Crippen molar-refractivity contribution < 1.29 is 8.76 Å². The van der Waals surface area contributed by atoms with Crippen LogP contribution < -0.4 is 5.32 Å². The third-order valence-electron chi connectivity index (χ3n) is 3.27. The maximum absolute atomic E-state index is 10.4. The highest BCUT2D eigenvalue weighted by Gasteiger charge is 1.97. The quantitative estimate of drug-likeness (QED) is 0.602. The first kappa shape index (κ1) is 15.9. The summed E-state index contributed by atoms with van der Waals surface area (Å²) in [6, 6.07) is 19.0. The summed E-state index contributed by atoms with van der Waals surface area (Å²) in [5.41, 5.74) is 3.83. The van der Waals surface area contributed by atoms with Crippen molar-refractivity contribution in [3.8, 4) is 0 Å². The van der Waals surface area contributed by atoms with Crippen LogP contribution in [-0.2, 0) is 24.0 Å². The zero-order valence-electron chi connectivity index (χ0n) is 12.0. The Hall–Kier alpha value is -1.49. The molecule has 21 heavy (non-hydrogen) atoms. The zero-order valence-corrected chi connectivity index (χ0v) is 12.8. The van der Waals surface area contributed by atoms with Crippen molar-refractivity contribution in [1.29, 1.82) is 0 Å². The molecule has 2 aromatic rings. The van der Waals surface area contributed by atoms with Crippen molar-refractivity contribution in [3.63, 3.8) is 0 Å². The summed E-state index contributed by atoms with van der Waals surface area (Å²) in [6.45, 7) is 1.50. The van der Waals surface area contributed by atoms with E-state index in [2.05, 4.69) is 53.8 Å². The topological polar surface area (TPSA) is 52.2 Å². The van der Waals surface area contributed by atoms with Crippen LogP contribution in [0.4, 0.5) is 0 Å². The van der Waals surface area contributed by atoms with Gasteiger partial charge in [0.2, 0.25) is 0 Å². The van der Waals surface area contributed by atoms with Crippen molar-refractivity contribution in [2.75, 3.05) is 12.3 Å². The predicted octanol–water partition coefficient (Wildman–Crippen LogP) is 2.64. The largest absolute Gasteiger partial charge is 0.772 e. The Morgan fingerprint density at radius 2 is 1.52 bits per heavy atom. The first-order chi connectivity index (χ1) is 10.2. The van der Waals surface area contributed by atoms with Crippen LogP contribution in [0.2, 0.25) is 0 Å². The first-order valence-corrected chi connectivity index (χ1v) is 8.37. The average molecular weight is 302 g/mol. The monoisotopic (exact) mass is 302 g/mol. The van der Waals surface area contributed by atoms with Crippen LogP contribution in [0.25, 0.3) is 0 Å². The second-order valence-corrected chi connectivity index (χ2v) is 6.03. The normalized spacial score (nSPS) is 12.2. The standard InChI is InChI=1S/C17H21NO2S/c19-21(20)12-4-11-18-14-17-9-7-16(8-10-17)13-15-5-2-1-3-6-15/h1-3,5-10,18H,4,11-14H2,(H,19,20)/p-1. The molecule has 0 radical (unpaired) electrons. The molecule has 0 amide bonds. The van der Waals surface area contributed by atoms with Gasteiger partial charge < -0.3 is 9.87 Å². The second kappa shape index (κ2) is 8.72. The smallest absolute Gasteiger partial charge is 0.0205 e. The second-order valence-electron chi connectivity index (χ2n) is 5.02. The number of benzene rings is 2. The Labute approximate surface area is 128 Å². The molecule has 0 aliphatic rings. The van der Waals surface area contributed by atoms with E-state index in [0.29, 0.717) is 6.42 Å². The Morgan fingerprint density at radius 1 is 0.905 bits per heavy atom. The fourth-order valence-corrected chi connectivity index (χ4v) is 2.53. The molecule has 2 aromatic carbocycles. The third kappa shape index (κ3) is 6.21. The molecule has 0 saturated carbocycles. The van der Waals surface area contributed by atoms with Gasteiger partial charge in [0.05, 0.1) is 0 Å². The number of rotatable bonds is 8. The van der Waals surface area contributed by atoms with E-state index < -0.39 is 11.1 Å². The summed E-state index contributed by atoms with van der Waals surface area (Å²) < 4.78 is 20.8. The van der Waals surface area contributed by atoms with Crippen molar-refractivity contribution in [2.45, 2.75) is 19.4 Å². The van der Waals surface area contributed by atoms with Gasteiger partial charge in [-0.05, 0) is 36.1 Å². The Morgan fingerprint density at radius 3 is 2.19 bits per heavy atom. The Kier molecular flexibility index (Phi) is 6.60. The van der Waals surface area contributed by atoms with Gasteiger partial charge in [-0.2, -0.15) is 0 Å². The summed E-state index contributed by atoms with van der Waals surface area (Å²) in [5.74, 6) is 0.225. The minimum Gasteiger partial charge on any atom is -0.772 e. The molecule has 0 aliphatic carbocycles. The Bertz CT molecular complexity index is 555. The van der Waals surface area contributed by atoms with Crippen molar-refractivity contribution in [1.82, 2.24) is 5.32 Å². The molecule has 0 spiro atoms. The van der Waals surface area contributed by atoms with Gasteiger partial charge in [-0.25, -0.2) is 0 Å². The van der Waals surface area contributed by atoms with E-state index in [-0.39, 0.29) is 5.75 Å². The van der Waals surface area contributed by atoms with E-state index in [0.717, 1.165) is 19.5 Å². The van der Waals surface area contributed by atoms with Gasteiger partial charge in [0.15, 0.2) is 0 Å². The SMILES string of the molecule is O=S([O-])CCCNCc1ccc(Cc2ccccc2)cc1. The highest BCUT2D eigenvalue weighted by Crippen LogP contribution is 2.10. The minimum atomic E-state index is -1.93. The van der Waals surface area contributed by atoms with E-state index in [1.807, 2.05) is 6.07 Å². The van der Waals surface area contributed by atoms with Gasteiger partial charge in [-0.3, -0.25) is 4.21 Å². The van der Waals surface area contributed by atoms with Crippen LogP contribution in [-0.4, -0.2) is 21.1 Å². The molecular weight excluding hydrogens is 282 g/mol.